The topological polar surface area (TPSA) is 84.9 Å². The van der Waals surface area contributed by atoms with Crippen molar-refractivity contribution in [3.8, 4) is 0 Å². The van der Waals surface area contributed by atoms with Crippen LogP contribution < -0.4 is 5.32 Å². The highest BCUT2D eigenvalue weighted by Crippen LogP contribution is 2.37. The normalized spacial score (nSPS) is 20.1. The molecule has 1 fully saturated rings. The van der Waals surface area contributed by atoms with Gasteiger partial charge in [0.2, 0.25) is 0 Å². The van der Waals surface area contributed by atoms with Gasteiger partial charge in [0.1, 0.15) is 18.0 Å². The zero-order valence-electron chi connectivity index (χ0n) is 21.4. The van der Waals surface area contributed by atoms with Crippen LogP contribution in [0.4, 0.5) is 14.9 Å². The van der Waals surface area contributed by atoms with Gasteiger partial charge in [-0.15, -0.1) is 0 Å². The Bertz CT molecular complexity index is 1270. The number of halogens is 1. The Kier molecular flexibility index (Phi) is 8.92. The third-order valence-corrected chi connectivity index (χ3v) is 6.63. The average molecular weight is 518 g/mol. The number of nitrogens with one attached hydrogen (secondary N) is 1. The molecule has 3 aromatic rings. The second kappa shape index (κ2) is 12.5. The lowest BCUT2D eigenvalue weighted by Crippen LogP contribution is -2.46. The molecule has 2 unspecified atom stereocenters. The molecule has 0 bridgehead atoms. The molecule has 198 valence electrons. The second-order valence-corrected chi connectivity index (χ2v) is 9.58. The fourth-order valence-corrected chi connectivity index (χ4v) is 4.72. The van der Waals surface area contributed by atoms with Gasteiger partial charge >= 0.3 is 12.1 Å². The lowest BCUT2D eigenvalue weighted by Gasteiger charge is -2.40. The molecule has 1 amide bonds. The van der Waals surface area contributed by atoms with Crippen molar-refractivity contribution >= 4 is 23.8 Å². The fourth-order valence-electron chi connectivity index (χ4n) is 4.72. The van der Waals surface area contributed by atoms with Gasteiger partial charge in [0, 0.05) is 12.1 Å². The maximum Gasteiger partial charge on any atom is 0.411 e. The Morgan fingerprint density at radius 2 is 1.84 bits per heavy atom. The monoisotopic (exact) mass is 517 g/mol. The first-order chi connectivity index (χ1) is 18.4. The minimum atomic E-state index is -0.997. The molecule has 0 aliphatic carbocycles. The van der Waals surface area contributed by atoms with Gasteiger partial charge in [-0.25, -0.2) is 14.0 Å². The molecule has 38 heavy (non-hydrogen) atoms. The molecule has 7 heteroatoms. The Morgan fingerprint density at radius 3 is 2.55 bits per heavy atom. The third-order valence-electron chi connectivity index (χ3n) is 6.63. The van der Waals surface area contributed by atoms with Gasteiger partial charge in [-0.1, -0.05) is 67.9 Å². The fraction of sp³-hybridized carbons (Fsp3) is 0.290. The number of carbonyl (C=O) groups is 2. The van der Waals surface area contributed by atoms with E-state index in [4.69, 9.17) is 9.47 Å². The number of cyclic esters (lactones) is 1. The Hall–Kier alpha value is -3.97. The van der Waals surface area contributed by atoms with Crippen LogP contribution in [0.15, 0.2) is 84.4 Å². The SMILES string of the molecule is CCCC1(CCc2ccc(F)cc2)CC(O)C(=Cc2cccc(NC(=O)OCc3ccccc3)c2)C(=O)O1. The summed E-state index contributed by atoms with van der Waals surface area (Å²) in [4.78, 5) is 25.3. The first kappa shape index (κ1) is 27.1. The summed E-state index contributed by atoms with van der Waals surface area (Å²) in [7, 11) is 0. The van der Waals surface area contributed by atoms with Crippen molar-refractivity contribution in [2.75, 3.05) is 5.32 Å². The highest BCUT2D eigenvalue weighted by molar-refractivity contribution is 5.96. The maximum atomic E-state index is 13.3. The summed E-state index contributed by atoms with van der Waals surface area (Å²) in [5, 5.41) is 13.7. The number of aliphatic hydroxyl groups is 1. The number of aliphatic hydroxyl groups excluding tert-OH is 1. The van der Waals surface area contributed by atoms with Crippen LogP contribution in [-0.4, -0.2) is 28.9 Å². The molecule has 1 aliphatic rings. The summed E-state index contributed by atoms with van der Waals surface area (Å²) >= 11 is 0. The van der Waals surface area contributed by atoms with E-state index in [1.54, 1.807) is 42.5 Å². The van der Waals surface area contributed by atoms with Gasteiger partial charge in [0.05, 0.1) is 11.7 Å². The summed E-state index contributed by atoms with van der Waals surface area (Å²) < 4.78 is 24.5. The van der Waals surface area contributed by atoms with Gasteiger partial charge in [-0.2, -0.15) is 0 Å². The third kappa shape index (κ3) is 7.29. The molecule has 0 saturated carbocycles. The van der Waals surface area contributed by atoms with Crippen LogP contribution in [0.3, 0.4) is 0 Å². The van der Waals surface area contributed by atoms with Crippen molar-refractivity contribution in [3.63, 3.8) is 0 Å². The van der Waals surface area contributed by atoms with Crippen LogP contribution in [0.2, 0.25) is 0 Å². The van der Waals surface area contributed by atoms with Crippen molar-refractivity contribution in [1.29, 1.82) is 0 Å². The van der Waals surface area contributed by atoms with E-state index in [1.165, 1.54) is 12.1 Å². The molecule has 6 nitrogen and oxygen atoms in total. The molecule has 0 spiro atoms. The number of hydrogen-bond donors (Lipinski definition) is 2. The van der Waals surface area contributed by atoms with Crippen LogP contribution >= 0.6 is 0 Å². The van der Waals surface area contributed by atoms with Crippen LogP contribution in [-0.2, 0) is 27.3 Å². The standard InChI is InChI=1S/C31H32FNO5/c1-2-16-31(17-15-22-11-13-25(32)14-12-22)20-28(34)27(29(35)38-31)19-24-9-6-10-26(18-24)33-30(36)37-21-23-7-4-3-5-8-23/h3-14,18-19,28,34H,2,15-17,20-21H2,1H3,(H,33,36). The number of benzene rings is 3. The van der Waals surface area contributed by atoms with Crippen molar-refractivity contribution in [2.24, 2.45) is 0 Å². The van der Waals surface area contributed by atoms with Crippen LogP contribution in [0.5, 0.6) is 0 Å². The predicted molar refractivity (Wildman–Crippen MR) is 144 cm³/mol. The van der Waals surface area contributed by atoms with E-state index in [-0.39, 0.29) is 24.4 Å². The second-order valence-electron chi connectivity index (χ2n) is 9.58. The van der Waals surface area contributed by atoms with E-state index in [1.807, 2.05) is 37.3 Å². The van der Waals surface area contributed by atoms with E-state index in [0.29, 0.717) is 30.5 Å². The van der Waals surface area contributed by atoms with Gasteiger partial charge in [0.15, 0.2) is 0 Å². The Balaban J connectivity index is 1.41. The molecule has 1 aliphatic heterocycles. The van der Waals surface area contributed by atoms with E-state index in [2.05, 4.69) is 5.32 Å². The molecule has 3 aromatic carbocycles. The smallest absolute Gasteiger partial charge is 0.411 e. The van der Waals surface area contributed by atoms with E-state index < -0.39 is 23.8 Å². The van der Waals surface area contributed by atoms with E-state index in [9.17, 15) is 19.1 Å². The summed E-state index contributed by atoms with van der Waals surface area (Å²) in [6.07, 6.45) is 2.82. The van der Waals surface area contributed by atoms with Crippen molar-refractivity contribution in [1.82, 2.24) is 0 Å². The molecule has 1 heterocycles. The van der Waals surface area contributed by atoms with E-state index in [0.717, 1.165) is 17.5 Å². The van der Waals surface area contributed by atoms with Gasteiger partial charge in [0.25, 0.3) is 0 Å². The highest BCUT2D eigenvalue weighted by Gasteiger charge is 2.43. The first-order valence-electron chi connectivity index (χ1n) is 12.8. The van der Waals surface area contributed by atoms with Gasteiger partial charge in [-0.3, -0.25) is 5.32 Å². The summed E-state index contributed by atoms with van der Waals surface area (Å²) in [6, 6.07) is 22.6. The molecular formula is C31H32FNO5. The predicted octanol–water partition coefficient (Wildman–Crippen LogP) is 6.44. The largest absolute Gasteiger partial charge is 0.456 e. The number of esters is 1. The Morgan fingerprint density at radius 1 is 1.08 bits per heavy atom. The minimum Gasteiger partial charge on any atom is -0.456 e. The molecule has 2 atom stereocenters. The quantitative estimate of drug-likeness (QED) is 0.252. The van der Waals surface area contributed by atoms with Crippen molar-refractivity contribution in [3.05, 3.63) is 107 Å². The maximum absolute atomic E-state index is 13.3. The summed E-state index contributed by atoms with van der Waals surface area (Å²) in [5.41, 5.74) is 2.33. The number of ether oxygens (including phenoxy) is 2. The number of hydrogen-bond acceptors (Lipinski definition) is 5. The molecule has 0 aromatic heterocycles. The van der Waals surface area contributed by atoms with Crippen molar-refractivity contribution < 1.29 is 28.6 Å². The minimum absolute atomic E-state index is 0.148. The molecule has 1 saturated heterocycles. The van der Waals surface area contributed by atoms with E-state index >= 15 is 0 Å². The average Bonchev–Trinajstić information content (AvgIpc) is 2.90. The first-order valence-corrected chi connectivity index (χ1v) is 12.8. The van der Waals surface area contributed by atoms with Crippen LogP contribution in [0.1, 0.15) is 49.3 Å². The zero-order chi connectivity index (χ0) is 27.0. The zero-order valence-corrected chi connectivity index (χ0v) is 21.4. The number of rotatable bonds is 9. The number of aryl methyl sites for hydroxylation is 1. The Labute approximate surface area is 222 Å². The summed E-state index contributed by atoms with van der Waals surface area (Å²) in [5.74, 6) is -0.855. The van der Waals surface area contributed by atoms with Crippen LogP contribution in [0.25, 0.3) is 6.08 Å². The lowest BCUT2D eigenvalue weighted by atomic mass is 9.81. The van der Waals surface area contributed by atoms with Crippen molar-refractivity contribution in [2.45, 2.75) is 57.3 Å². The number of anilines is 1. The van der Waals surface area contributed by atoms with Gasteiger partial charge in [-0.05, 0) is 66.3 Å². The highest BCUT2D eigenvalue weighted by atomic mass is 19.1. The molecular weight excluding hydrogens is 485 g/mol. The van der Waals surface area contributed by atoms with Crippen LogP contribution in [0, 0.1) is 5.82 Å². The van der Waals surface area contributed by atoms with Gasteiger partial charge < -0.3 is 14.6 Å². The number of carbonyl (C=O) groups excluding carboxylic acids is 2. The molecule has 4 rings (SSSR count). The summed E-state index contributed by atoms with van der Waals surface area (Å²) in [6.45, 7) is 2.16. The molecule has 0 radical (unpaired) electrons. The number of amides is 1. The lowest BCUT2D eigenvalue weighted by molar-refractivity contribution is -0.168. The molecule has 2 N–H and O–H groups in total.